The molecule has 2 fully saturated rings. The molecule has 1 aromatic carbocycles. The van der Waals surface area contributed by atoms with Crippen molar-refractivity contribution in [1.82, 2.24) is 15.1 Å². The third kappa shape index (κ3) is 5.47. The van der Waals surface area contributed by atoms with Gasteiger partial charge in [0.15, 0.2) is 0 Å². The fourth-order valence-electron chi connectivity index (χ4n) is 3.67. The summed E-state index contributed by atoms with van der Waals surface area (Å²) in [6.45, 7) is 3.95. The van der Waals surface area contributed by atoms with Crippen molar-refractivity contribution in [2.75, 3.05) is 39.3 Å². The Morgan fingerprint density at radius 1 is 1.07 bits per heavy atom. The maximum absolute atomic E-state index is 12.4. The second-order valence-corrected chi connectivity index (χ2v) is 7.40. The molecule has 152 valence electrons. The van der Waals surface area contributed by atoms with Crippen LogP contribution in [-0.4, -0.2) is 67.0 Å². The first kappa shape index (κ1) is 20.2. The number of piperazine rings is 1. The summed E-state index contributed by atoms with van der Waals surface area (Å²) in [7, 11) is 0. The minimum atomic E-state index is -0.338. The Balaban J connectivity index is 1.42. The Hall–Kier alpha value is -2.57. The van der Waals surface area contributed by atoms with Gasteiger partial charge in [0, 0.05) is 32.6 Å². The fraction of sp³-hybridized carbons (Fsp3) is 0.571. The van der Waals surface area contributed by atoms with Gasteiger partial charge in [-0.25, -0.2) is 4.79 Å². The predicted octanol–water partition coefficient (Wildman–Crippen LogP) is 1.99. The van der Waals surface area contributed by atoms with Gasteiger partial charge in [-0.3, -0.25) is 9.59 Å². The van der Waals surface area contributed by atoms with E-state index in [1.54, 1.807) is 16.7 Å². The van der Waals surface area contributed by atoms with E-state index in [4.69, 9.17) is 4.74 Å². The molecular formula is C21H29N3O4. The van der Waals surface area contributed by atoms with E-state index in [0.29, 0.717) is 45.1 Å². The second-order valence-electron chi connectivity index (χ2n) is 7.40. The minimum absolute atomic E-state index is 0.00438. The molecule has 1 atom stereocenters. The van der Waals surface area contributed by atoms with Gasteiger partial charge in [0.2, 0.25) is 11.8 Å². The van der Waals surface area contributed by atoms with Crippen LogP contribution in [0.1, 0.15) is 37.7 Å². The molecule has 1 saturated heterocycles. The molecule has 1 aliphatic carbocycles. The highest BCUT2D eigenvalue weighted by molar-refractivity contribution is 5.85. The van der Waals surface area contributed by atoms with Crippen LogP contribution in [0.5, 0.6) is 0 Å². The van der Waals surface area contributed by atoms with Crippen molar-refractivity contribution in [3.8, 4) is 0 Å². The first-order chi connectivity index (χ1) is 13.6. The highest BCUT2D eigenvalue weighted by Crippen LogP contribution is 2.44. The molecule has 1 aliphatic heterocycles. The minimum Gasteiger partial charge on any atom is -0.450 e. The molecule has 2 aliphatic rings. The number of benzene rings is 1. The SMILES string of the molecule is CCOC(=O)N1CCN(C(=O)CNC(=O)CC(c2ccccc2)C2CC2)CC1. The van der Waals surface area contributed by atoms with Crippen molar-refractivity contribution in [2.45, 2.75) is 32.1 Å². The quantitative estimate of drug-likeness (QED) is 0.776. The van der Waals surface area contributed by atoms with Crippen molar-refractivity contribution in [1.29, 1.82) is 0 Å². The number of rotatable bonds is 7. The van der Waals surface area contributed by atoms with E-state index in [9.17, 15) is 14.4 Å². The lowest BCUT2D eigenvalue weighted by Gasteiger charge is -2.34. The Kier molecular flexibility index (Phi) is 6.90. The molecule has 0 aromatic heterocycles. The van der Waals surface area contributed by atoms with Gasteiger partial charge < -0.3 is 19.9 Å². The van der Waals surface area contributed by atoms with Crippen molar-refractivity contribution >= 4 is 17.9 Å². The lowest BCUT2D eigenvalue weighted by Crippen LogP contribution is -2.52. The smallest absolute Gasteiger partial charge is 0.409 e. The van der Waals surface area contributed by atoms with Crippen molar-refractivity contribution in [3.63, 3.8) is 0 Å². The van der Waals surface area contributed by atoms with Gasteiger partial charge in [-0.1, -0.05) is 30.3 Å². The molecule has 1 aromatic rings. The lowest BCUT2D eigenvalue weighted by molar-refractivity contribution is -0.134. The molecular weight excluding hydrogens is 358 g/mol. The average molecular weight is 387 g/mol. The molecule has 1 unspecified atom stereocenters. The molecule has 1 saturated carbocycles. The van der Waals surface area contributed by atoms with Gasteiger partial charge in [-0.05, 0) is 37.2 Å². The van der Waals surface area contributed by atoms with E-state index in [2.05, 4.69) is 17.4 Å². The number of nitrogens with one attached hydrogen (secondary N) is 1. The normalized spacial score (nSPS) is 17.8. The standard InChI is InChI=1S/C21H29N3O4/c1-2-28-21(27)24-12-10-23(11-13-24)20(26)15-22-19(25)14-18(17-8-9-17)16-6-4-3-5-7-16/h3-7,17-18H,2,8-15H2,1H3,(H,22,25). The first-order valence-corrected chi connectivity index (χ1v) is 10.1. The molecule has 1 N–H and O–H groups in total. The van der Waals surface area contributed by atoms with E-state index in [-0.39, 0.29) is 30.4 Å². The third-order valence-corrected chi connectivity index (χ3v) is 5.42. The number of carbonyl (C=O) groups excluding carboxylic acids is 3. The Labute approximate surface area is 166 Å². The number of amides is 3. The van der Waals surface area contributed by atoms with E-state index in [1.165, 1.54) is 5.56 Å². The Bertz CT molecular complexity index is 682. The van der Waals surface area contributed by atoms with E-state index in [1.807, 2.05) is 18.2 Å². The molecule has 3 amide bonds. The van der Waals surface area contributed by atoms with Crippen LogP contribution >= 0.6 is 0 Å². The van der Waals surface area contributed by atoms with Gasteiger partial charge in [-0.2, -0.15) is 0 Å². The van der Waals surface area contributed by atoms with Crippen molar-refractivity contribution < 1.29 is 19.1 Å². The third-order valence-electron chi connectivity index (χ3n) is 5.42. The molecule has 28 heavy (non-hydrogen) atoms. The molecule has 7 heteroatoms. The maximum Gasteiger partial charge on any atom is 0.409 e. The summed E-state index contributed by atoms with van der Waals surface area (Å²) in [4.78, 5) is 39.8. The second kappa shape index (κ2) is 9.57. The van der Waals surface area contributed by atoms with Crippen LogP contribution < -0.4 is 5.32 Å². The van der Waals surface area contributed by atoms with Crippen LogP contribution in [0.15, 0.2) is 30.3 Å². The summed E-state index contributed by atoms with van der Waals surface area (Å²) < 4.78 is 4.98. The monoisotopic (exact) mass is 387 g/mol. The molecule has 0 bridgehead atoms. The Morgan fingerprint density at radius 3 is 2.32 bits per heavy atom. The van der Waals surface area contributed by atoms with Crippen LogP contribution in [0.2, 0.25) is 0 Å². The summed E-state index contributed by atoms with van der Waals surface area (Å²) in [6.07, 6.45) is 2.40. The van der Waals surface area contributed by atoms with Gasteiger partial charge >= 0.3 is 6.09 Å². The average Bonchev–Trinajstić information content (AvgIpc) is 3.56. The fourth-order valence-corrected chi connectivity index (χ4v) is 3.67. The van der Waals surface area contributed by atoms with Gasteiger partial charge in [0.05, 0.1) is 13.2 Å². The summed E-state index contributed by atoms with van der Waals surface area (Å²) >= 11 is 0. The summed E-state index contributed by atoms with van der Waals surface area (Å²) in [5.41, 5.74) is 1.20. The summed E-state index contributed by atoms with van der Waals surface area (Å²) in [5.74, 6) is 0.600. The topological polar surface area (TPSA) is 79.0 Å². The van der Waals surface area contributed by atoms with Crippen LogP contribution in [0.25, 0.3) is 0 Å². The predicted molar refractivity (Wildman–Crippen MR) is 105 cm³/mol. The molecule has 3 rings (SSSR count). The maximum atomic E-state index is 12.4. The molecule has 1 heterocycles. The van der Waals surface area contributed by atoms with Gasteiger partial charge in [0.25, 0.3) is 0 Å². The first-order valence-electron chi connectivity index (χ1n) is 10.1. The number of ether oxygens (including phenoxy) is 1. The molecule has 0 spiro atoms. The highest BCUT2D eigenvalue weighted by Gasteiger charge is 2.33. The number of hydrogen-bond donors (Lipinski definition) is 1. The zero-order valence-electron chi connectivity index (χ0n) is 16.4. The number of nitrogens with zero attached hydrogens (tertiary/aromatic N) is 2. The number of hydrogen-bond acceptors (Lipinski definition) is 4. The highest BCUT2D eigenvalue weighted by atomic mass is 16.6. The van der Waals surface area contributed by atoms with E-state index in [0.717, 1.165) is 12.8 Å². The molecule has 0 radical (unpaired) electrons. The van der Waals surface area contributed by atoms with Gasteiger partial charge in [-0.15, -0.1) is 0 Å². The summed E-state index contributed by atoms with van der Waals surface area (Å²) in [6, 6.07) is 10.1. The van der Waals surface area contributed by atoms with Gasteiger partial charge in [0.1, 0.15) is 0 Å². The van der Waals surface area contributed by atoms with E-state index >= 15 is 0 Å². The van der Waals surface area contributed by atoms with Crippen LogP contribution in [0, 0.1) is 5.92 Å². The van der Waals surface area contributed by atoms with Crippen molar-refractivity contribution in [3.05, 3.63) is 35.9 Å². The zero-order valence-corrected chi connectivity index (χ0v) is 16.4. The zero-order chi connectivity index (χ0) is 19.9. The largest absolute Gasteiger partial charge is 0.450 e. The van der Waals surface area contributed by atoms with Crippen LogP contribution in [0.4, 0.5) is 4.79 Å². The van der Waals surface area contributed by atoms with Crippen LogP contribution in [-0.2, 0) is 14.3 Å². The summed E-state index contributed by atoms with van der Waals surface area (Å²) in [5, 5.41) is 2.78. The Morgan fingerprint density at radius 2 is 1.71 bits per heavy atom. The van der Waals surface area contributed by atoms with Crippen LogP contribution in [0.3, 0.4) is 0 Å². The number of carbonyl (C=O) groups is 3. The van der Waals surface area contributed by atoms with Crippen molar-refractivity contribution in [2.24, 2.45) is 5.92 Å². The molecule has 7 nitrogen and oxygen atoms in total. The lowest BCUT2D eigenvalue weighted by atomic mass is 9.91. The van der Waals surface area contributed by atoms with E-state index < -0.39 is 0 Å².